The van der Waals surface area contributed by atoms with Crippen LogP contribution >= 0.6 is 22.9 Å². The third-order valence-corrected chi connectivity index (χ3v) is 8.75. The first-order chi connectivity index (χ1) is 17.0. The fourth-order valence-corrected chi connectivity index (χ4v) is 6.57. The van der Waals surface area contributed by atoms with E-state index in [-0.39, 0.29) is 11.7 Å². The van der Waals surface area contributed by atoms with E-state index in [1.165, 1.54) is 24.2 Å². The second-order valence-corrected chi connectivity index (χ2v) is 10.8. The van der Waals surface area contributed by atoms with Crippen LogP contribution in [-0.4, -0.2) is 46.8 Å². The minimum absolute atomic E-state index is 0.108. The number of hydrogen-bond donors (Lipinski definition) is 0. The molecule has 2 aliphatic heterocycles. The summed E-state index contributed by atoms with van der Waals surface area (Å²) < 4.78 is 14.2. The van der Waals surface area contributed by atoms with Gasteiger partial charge in [0.15, 0.2) is 11.5 Å². The van der Waals surface area contributed by atoms with Crippen LogP contribution in [0.1, 0.15) is 25.7 Å². The summed E-state index contributed by atoms with van der Waals surface area (Å²) in [5, 5.41) is 0.680. The summed E-state index contributed by atoms with van der Waals surface area (Å²) >= 11 is 7.46. The molecule has 2 fully saturated rings. The Bertz CT molecular complexity index is 1430. The van der Waals surface area contributed by atoms with Gasteiger partial charge in [-0.15, -0.1) is 11.3 Å². The van der Waals surface area contributed by atoms with Crippen molar-refractivity contribution in [1.29, 1.82) is 0 Å². The number of aromatic nitrogens is 2. The summed E-state index contributed by atoms with van der Waals surface area (Å²) in [5.74, 6) is 1.34. The monoisotopic (exact) mass is 507 g/mol. The first kappa shape index (κ1) is 22.6. The van der Waals surface area contributed by atoms with Gasteiger partial charge in [-0.25, -0.2) is 4.98 Å². The van der Waals surface area contributed by atoms with Gasteiger partial charge in [0.2, 0.25) is 0 Å². The van der Waals surface area contributed by atoms with Gasteiger partial charge >= 0.3 is 0 Å². The van der Waals surface area contributed by atoms with Crippen LogP contribution in [-0.2, 0) is 0 Å². The average Bonchev–Trinajstić information content (AvgIpc) is 3.37. The Morgan fingerprint density at radius 1 is 1.03 bits per heavy atom. The number of fused-ring (bicyclic) bond motifs is 3. The van der Waals surface area contributed by atoms with Crippen molar-refractivity contribution in [2.24, 2.45) is 0 Å². The Labute approximate surface area is 212 Å². The SMILES string of the molecule is COc1cc(-n2cnc3cc(-c4ccc(Cl)cc4)sc3c2=O)ccc1OC1C[C@H]2CC[C@@H](C1)N2C. The number of nitrogens with zero attached hydrogens (tertiary/aromatic N) is 3. The molecular formula is C27H26ClN3O3S. The molecule has 6 nitrogen and oxygen atoms in total. The first-order valence-corrected chi connectivity index (χ1v) is 13.0. The molecule has 6 rings (SSSR count). The molecule has 180 valence electrons. The van der Waals surface area contributed by atoms with Gasteiger partial charge in [-0.1, -0.05) is 23.7 Å². The first-order valence-electron chi connectivity index (χ1n) is 11.8. The van der Waals surface area contributed by atoms with E-state index in [2.05, 4.69) is 16.9 Å². The van der Waals surface area contributed by atoms with Crippen LogP contribution in [0.2, 0.25) is 5.02 Å². The molecule has 8 heteroatoms. The fourth-order valence-electron chi connectivity index (χ4n) is 5.39. The zero-order chi connectivity index (χ0) is 24.1. The van der Waals surface area contributed by atoms with Crippen LogP contribution in [0.25, 0.3) is 26.3 Å². The molecule has 0 radical (unpaired) electrons. The standard InChI is InChI=1S/C27H26ClN3O3S/c1-30-18-7-8-19(30)12-21(11-18)34-23-10-9-20(13-24(23)33-2)31-15-29-22-14-25(35-26(22)27(31)32)16-3-5-17(28)6-4-16/h3-6,9-10,13-15,18-19,21H,7-8,11-12H2,1-2H3/t18-,19+,21?. The summed E-state index contributed by atoms with van der Waals surface area (Å²) in [5.41, 5.74) is 2.28. The van der Waals surface area contributed by atoms with Crippen LogP contribution in [0.15, 0.2) is 59.7 Å². The van der Waals surface area contributed by atoms with E-state index < -0.39 is 0 Å². The van der Waals surface area contributed by atoms with Crippen molar-refractivity contribution < 1.29 is 9.47 Å². The Hall–Kier alpha value is -2.87. The van der Waals surface area contributed by atoms with Gasteiger partial charge in [-0.3, -0.25) is 9.36 Å². The number of hydrogen-bond acceptors (Lipinski definition) is 6. The summed E-state index contributed by atoms with van der Waals surface area (Å²) in [7, 11) is 3.86. The van der Waals surface area contributed by atoms with E-state index >= 15 is 0 Å². The van der Waals surface area contributed by atoms with Gasteiger partial charge in [0.1, 0.15) is 17.1 Å². The van der Waals surface area contributed by atoms with E-state index in [1.54, 1.807) is 18.0 Å². The summed E-state index contributed by atoms with van der Waals surface area (Å²) in [6, 6.07) is 16.4. The molecule has 2 aromatic heterocycles. The summed E-state index contributed by atoms with van der Waals surface area (Å²) in [6.07, 6.45) is 6.32. The number of ether oxygens (including phenoxy) is 2. The third-order valence-electron chi connectivity index (χ3n) is 7.34. The van der Waals surface area contributed by atoms with Gasteiger partial charge in [0.25, 0.3) is 5.56 Å². The largest absolute Gasteiger partial charge is 0.493 e. The van der Waals surface area contributed by atoms with Crippen molar-refractivity contribution >= 4 is 33.2 Å². The molecule has 3 atom stereocenters. The van der Waals surface area contributed by atoms with Crippen molar-refractivity contribution in [3.8, 4) is 27.6 Å². The number of halogens is 1. The van der Waals surface area contributed by atoms with Gasteiger partial charge in [-0.2, -0.15) is 0 Å². The van der Waals surface area contributed by atoms with Crippen molar-refractivity contribution in [3.63, 3.8) is 0 Å². The van der Waals surface area contributed by atoms with E-state index in [9.17, 15) is 4.79 Å². The number of rotatable bonds is 5. The highest BCUT2D eigenvalue weighted by molar-refractivity contribution is 7.22. The molecular weight excluding hydrogens is 482 g/mol. The lowest BCUT2D eigenvalue weighted by Crippen LogP contribution is -2.43. The number of thiophene rings is 1. The lowest BCUT2D eigenvalue weighted by atomic mass is 10.0. The van der Waals surface area contributed by atoms with E-state index in [1.807, 2.05) is 48.5 Å². The highest BCUT2D eigenvalue weighted by atomic mass is 35.5. The number of benzene rings is 2. The molecule has 0 saturated carbocycles. The van der Waals surface area contributed by atoms with Gasteiger partial charge < -0.3 is 14.4 Å². The molecule has 0 spiro atoms. The summed E-state index contributed by atoms with van der Waals surface area (Å²) in [6.45, 7) is 0. The Morgan fingerprint density at radius 2 is 1.77 bits per heavy atom. The molecule has 0 aliphatic carbocycles. The number of methoxy groups -OCH3 is 1. The molecule has 1 unspecified atom stereocenters. The zero-order valence-electron chi connectivity index (χ0n) is 19.6. The van der Waals surface area contributed by atoms with Crippen LogP contribution in [0.3, 0.4) is 0 Å². The highest BCUT2D eigenvalue weighted by Crippen LogP contribution is 2.38. The van der Waals surface area contributed by atoms with Gasteiger partial charge in [-0.05, 0) is 68.6 Å². The highest BCUT2D eigenvalue weighted by Gasteiger charge is 2.39. The molecule has 4 aromatic rings. The molecule has 2 saturated heterocycles. The van der Waals surface area contributed by atoms with Crippen molar-refractivity contribution in [2.45, 2.75) is 43.9 Å². The van der Waals surface area contributed by atoms with E-state index in [0.717, 1.165) is 23.3 Å². The molecule has 35 heavy (non-hydrogen) atoms. The van der Waals surface area contributed by atoms with Crippen LogP contribution in [0.5, 0.6) is 11.5 Å². The normalized spacial score (nSPS) is 22.0. The topological polar surface area (TPSA) is 56.6 Å². The third kappa shape index (κ3) is 4.11. The van der Waals surface area contributed by atoms with Gasteiger partial charge in [0.05, 0.1) is 18.3 Å². The smallest absolute Gasteiger partial charge is 0.275 e. The van der Waals surface area contributed by atoms with Crippen LogP contribution in [0, 0.1) is 0 Å². The minimum atomic E-state index is -0.108. The van der Waals surface area contributed by atoms with Crippen molar-refractivity contribution in [1.82, 2.24) is 14.5 Å². The zero-order valence-corrected chi connectivity index (χ0v) is 21.2. The lowest BCUT2D eigenvalue weighted by molar-refractivity contribution is 0.0643. The van der Waals surface area contributed by atoms with Crippen molar-refractivity contribution in [3.05, 3.63) is 70.2 Å². The van der Waals surface area contributed by atoms with Crippen LogP contribution < -0.4 is 15.0 Å². The molecule has 0 amide bonds. The maximum absolute atomic E-state index is 13.4. The van der Waals surface area contributed by atoms with E-state index in [0.29, 0.717) is 44.5 Å². The molecule has 2 bridgehead atoms. The quantitative estimate of drug-likeness (QED) is 0.342. The molecule has 0 N–H and O–H groups in total. The minimum Gasteiger partial charge on any atom is -0.493 e. The summed E-state index contributed by atoms with van der Waals surface area (Å²) in [4.78, 5) is 21.4. The molecule has 2 aromatic carbocycles. The maximum atomic E-state index is 13.4. The maximum Gasteiger partial charge on any atom is 0.275 e. The van der Waals surface area contributed by atoms with Crippen molar-refractivity contribution in [2.75, 3.05) is 14.2 Å². The van der Waals surface area contributed by atoms with E-state index in [4.69, 9.17) is 21.1 Å². The van der Waals surface area contributed by atoms with Crippen LogP contribution in [0.4, 0.5) is 0 Å². The second-order valence-electron chi connectivity index (χ2n) is 9.35. The predicted octanol–water partition coefficient (Wildman–Crippen LogP) is 5.78. The lowest BCUT2D eigenvalue weighted by Gasteiger charge is -2.36. The van der Waals surface area contributed by atoms with Gasteiger partial charge in [0, 0.05) is 28.0 Å². The Morgan fingerprint density at radius 3 is 2.49 bits per heavy atom. The Balaban J connectivity index is 1.30. The molecule has 2 aliphatic rings. The Kier molecular flexibility index (Phi) is 5.79. The second kappa shape index (κ2) is 8.97. The number of piperidine rings is 1. The fraction of sp³-hybridized carbons (Fsp3) is 0.333. The molecule has 4 heterocycles. The average molecular weight is 508 g/mol. The predicted molar refractivity (Wildman–Crippen MR) is 140 cm³/mol.